The van der Waals surface area contributed by atoms with Crippen LogP contribution in [-0.4, -0.2) is 19.6 Å². The van der Waals surface area contributed by atoms with Crippen molar-refractivity contribution in [2.24, 2.45) is 5.73 Å². The smallest absolute Gasteiger partial charge is 0.236 e. The molecular formula is C18H21NO3S. The Labute approximate surface area is 137 Å². The molecule has 0 aliphatic carbocycles. The van der Waals surface area contributed by atoms with Gasteiger partial charge in [-0.3, -0.25) is 4.79 Å². The zero-order chi connectivity index (χ0) is 16.9. The predicted octanol–water partition coefficient (Wildman–Crippen LogP) is 3.17. The van der Waals surface area contributed by atoms with Gasteiger partial charge < -0.3 is 5.73 Å². The lowest BCUT2D eigenvalue weighted by molar-refractivity contribution is -0.117. The van der Waals surface area contributed by atoms with Crippen LogP contribution in [0.25, 0.3) is 11.1 Å². The van der Waals surface area contributed by atoms with Crippen LogP contribution in [0.3, 0.4) is 0 Å². The fourth-order valence-electron chi connectivity index (χ4n) is 2.56. The van der Waals surface area contributed by atoms with Crippen molar-refractivity contribution >= 4 is 15.7 Å². The summed E-state index contributed by atoms with van der Waals surface area (Å²) in [5.74, 6) is -0.790. The molecule has 0 aliphatic heterocycles. The Bertz CT molecular complexity index is 770. The van der Waals surface area contributed by atoms with Gasteiger partial charge in [0.1, 0.15) is 5.25 Å². The third-order valence-corrected chi connectivity index (χ3v) is 5.98. The molecule has 4 nitrogen and oxygen atoms in total. The van der Waals surface area contributed by atoms with Crippen LogP contribution in [0.5, 0.6) is 0 Å². The van der Waals surface area contributed by atoms with E-state index in [0.717, 1.165) is 12.0 Å². The van der Waals surface area contributed by atoms with Gasteiger partial charge in [-0.15, -0.1) is 0 Å². The molecule has 2 aromatic rings. The van der Waals surface area contributed by atoms with Gasteiger partial charge in [-0.2, -0.15) is 0 Å². The van der Waals surface area contributed by atoms with Crippen molar-refractivity contribution in [1.29, 1.82) is 0 Å². The van der Waals surface area contributed by atoms with E-state index in [4.69, 9.17) is 5.73 Å². The molecule has 2 N–H and O–H groups in total. The average molecular weight is 331 g/mol. The number of unbranched alkanes of at least 4 members (excludes halogenated alkanes) is 1. The zero-order valence-electron chi connectivity index (χ0n) is 13.1. The molecule has 0 saturated carbocycles. The number of hydrogen-bond donors (Lipinski definition) is 1. The third kappa shape index (κ3) is 3.79. The van der Waals surface area contributed by atoms with Gasteiger partial charge in [0.2, 0.25) is 5.91 Å². The highest BCUT2D eigenvalue weighted by Crippen LogP contribution is 2.30. The minimum Gasteiger partial charge on any atom is -0.369 e. The summed E-state index contributed by atoms with van der Waals surface area (Å²) in [5.41, 5.74) is 6.76. The molecule has 2 rings (SSSR count). The molecule has 122 valence electrons. The first-order chi connectivity index (χ1) is 11.0. The van der Waals surface area contributed by atoms with E-state index in [0.29, 0.717) is 12.0 Å². The third-order valence-electron chi connectivity index (χ3n) is 3.79. The molecule has 0 aliphatic rings. The highest BCUT2D eigenvalue weighted by atomic mass is 32.2. The number of nitrogens with two attached hydrogens (primary N) is 1. The zero-order valence-corrected chi connectivity index (χ0v) is 13.9. The van der Waals surface area contributed by atoms with Crippen LogP contribution in [0, 0.1) is 0 Å². The van der Waals surface area contributed by atoms with Crippen LogP contribution >= 0.6 is 0 Å². The summed E-state index contributed by atoms with van der Waals surface area (Å²) < 4.78 is 25.9. The van der Waals surface area contributed by atoms with Crippen molar-refractivity contribution in [2.45, 2.75) is 36.3 Å². The molecule has 5 heteroatoms. The number of amides is 1. The molecule has 0 aromatic heterocycles. The number of hydrogen-bond acceptors (Lipinski definition) is 3. The van der Waals surface area contributed by atoms with Crippen LogP contribution in [0.15, 0.2) is 59.5 Å². The van der Waals surface area contributed by atoms with Crippen molar-refractivity contribution in [3.8, 4) is 11.1 Å². The molecule has 0 radical (unpaired) electrons. The van der Waals surface area contributed by atoms with Crippen LogP contribution in [0.4, 0.5) is 0 Å². The molecule has 1 unspecified atom stereocenters. The van der Waals surface area contributed by atoms with Gasteiger partial charge in [-0.1, -0.05) is 68.3 Å². The lowest BCUT2D eigenvalue weighted by Crippen LogP contribution is -2.36. The number of carbonyl (C=O) groups is 1. The second-order valence-corrected chi connectivity index (χ2v) is 7.54. The van der Waals surface area contributed by atoms with E-state index in [9.17, 15) is 13.2 Å². The van der Waals surface area contributed by atoms with Crippen molar-refractivity contribution < 1.29 is 13.2 Å². The minimum absolute atomic E-state index is 0.158. The van der Waals surface area contributed by atoms with E-state index in [2.05, 4.69) is 0 Å². The van der Waals surface area contributed by atoms with Crippen molar-refractivity contribution in [3.05, 3.63) is 54.6 Å². The van der Waals surface area contributed by atoms with Gasteiger partial charge in [0, 0.05) is 5.56 Å². The van der Waals surface area contributed by atoms with E-state index in [1.807, 2.05) is 37.3 Å². The van der Waals surface area contributed by atoms with Gasteiger partial charge in [-0.25, -0.2) is 8.42 Å². The number of benzene rings is 2. The van der Waals surface area contributed by atoms with Crippen LogP contribution in [0.1, 0.15) is 26.2 Å². The second-order valence-electron chi connectivity index (χ2n) is 5.44. The van der Waals surface area contributed by atoms with E-state index in [1.165, 1.54) is 0 Å². The normalized spacial score (nSPS) is 12.7. The quantitative estimate of drug-likeness (QED) is 0.846. The molecule has 0 heterocycles. The van der Waals surface area contributed by atoms with Crippen molar-refractivity contribution in [1.82, 2.24) is 0 Å². The first kappa shape index (κ1) is 17.2. The van der Waals surface area contributed by atoms with E-state index in [1.54, 1.807) is 24.3 Å². The molecule has 0 bridgehead atoms. The topological polar surface area (TPSA) is 77.2 Å². The van der Waals surface area contributed by atoms with E-state index >= 15 is 0 Å². The maximum atomic E-state index is 13.0. The SMILES string of the molecule is CCCCC(C(N)=O)S(=O)(=O)c1ccccc1-c1ccccc1. The fourth-order valence-corrected chi connectivity index (χ4v) is 4.41. The fraction of sp³-hybridized carbons (Fsp3) is 0.278. The molecule has 1 atom stereocenters. The van der Waals surface area contributed by atoms with Gasteiger partial charge >= 0.3 is 0 Å². The summed E-state index contributed by atoms with van der Waals surface area (Å²) in [6.45, 7) is 1.95. The Kier molecular flexibility index (Phi) is 5.55. The number of sulfone groups is 1. The lowest BCUT2D eigenvalue weighted by Gasteiger charge is -2.17. The monoisotopic (exact) mass is 331 g/mol. The Morgan fingerprint density at radius 1 is 1.04 bits per heavy atom. The highest BCUT2D eigenvalue weighted by molar-refractivity contribution is 7.93. The summed E-state index contributed by atoms with van der Waals surface area (Å²) in [6, 6.07) is 16.0. The Balaban J connectivity index is 2.54. The summed E-state index contributed by atoms with van der Waals surface area (Å²) in [5, 5.41) is -1.19. The Morgan fingerprint density at radius 2 is 1.65 bits per heavy atom. The van der Waals surface area contributed by atoms with Crippen LogP contribution < -0.4 is 5.73 Å². The average Bonchev–Trinajstić information content (AvgIpc) is 2.55. The van der Waals surface area contributed by atoms with Gasteiger partial charge in [0.05, 0.1) is 4.90 Å². The second kappa shape index (κ2) is 7.42. The molecule has 0 fully saturated rings. The molecule has 0 saturated heterocycles. The lowest BCUT2D eigenvalue weighted by atomic mass is 10.1. The molecule has 1 amide bonds. The van der Waals surface area contributed by atoms with E-state index < -0.39 is 21.0 Å². The number of rotatable bonds is 7. The summed E-state index contributed by atoms with van der Waals surface area (Å²) in [4.78, 5) is 11.9. The Morgan fingerprint density at radius 3 is 2.26 bits per heavy atom. The van der Waals surface area contributed by atoms with Crippen LogP contribution in [-0.2, 0) is 14.6 Å². The maximum absolute atomic E-state index is 13.0. The summed E-state index contributed by atoms with van der Waals surface area (Å²) >= 11 is 0. The summed E-state index contributed by atoms with van der Waals surface area (Å²) in [6.07, 6.45) is 1.69. The van der Waals surface area contributed by atoms with Crippen molar-refractivity contribution in [2.75, 3.05) is 0 Å². The molecule has 2 aromatic carbocycles. The van der Waals surface area contributed by atoms with Crippen LogP contribution in [0.2, 0.25) is 0 Å². The first-order valence-corrected chi connectivity index (χ1v) is 9.20. The van der Waals surface area contributed by atoms with Gasteiger partial charge in [0.25, 0.3) is 0 Å². The summed E-state index contributed by atoms with van der Waals surface area (Å²) in [7, 11) is -3.83. The molecule has 23 heavy (non-hydrogen) atoms. The standard InChI is InChI=1S/C18H21NO3S/c1-2-3-12-17(18(19)20)23(21,22)16-13-8-7-11-15(16)14-9-5-4-6-10-14/h4-11,13,17H,2-3,12H2,1H3,(H2,19,20). The van der Waals surface area contributed by atoms with E-state index in [-0.39, 0.29) is 11.3 Å². The largest absolute Gasteiger partial charge is 0.369 e. The highest BCUT2D eigenvalue weighted by Gasteiger charge is 2.33. The van der Waals surface area contributed by atoms with Gasteiger partial charge in [-0.05, 0) is 18.1 Å². The first-order valence-electron chi connectivity index (χ1n) is 7.66. The predicted molar refractivity (Wildman–Crippen MR) is 91.6 cm³/mol. The molecular weight excluding hydrogens is 310 g/mol. The van der Waals surface area contributed by atoms with Crippen molar-refractivity contribution in [3.63, 3.8) is 0 Å². The Hall–Kier alpha value is -2.14. The number of carbonyl (C=O) groups excluding carboxylic acids is 1. The number of primary amides is 1. The van der Waals surface area contributed by atoms with Gasteiger partial charge in [0.15, 0.2) is 9.84 Å². The minimum atomic E-state index is -3.83. The maximum Gasteiger partial charge on any atom is 0.236 e. The molecule has 0 spiro atoms.